The number of hydrogen-bond acceptors (Lipinski definition) is 2. The second-order valence-corrected chi connectivity index (χ2v) is 1.84. The summed E-state index contributed by atoms with van der Waals surface area (Å²) < 4.78 is 12.3. The number of rotatable bonds is 2. The smallest absolute Gasteiger partial charge is 0.126 e. The lowest BCUT2D eigenvalue weighted by Crippen LogP contribution is -1.90. The van der Waals surface area contributed by atoms with Gasteiger partial charge in [-0.2, -0.15) is 0 Å². The monoisotopic (exact) mass is 139 g/mol. The maximum absolute atomic E-state index is 12.3. The zero-order valence-electron chi connectivity index (χ0n) is 5.25. The van der Waals surface area contributed by atoms with E-state index in [1.807, 2.05) is 0 Å². The molecule has 1 rings (SSSR count). The van der Waals surface area contributed by atoms with Crippen LogP contribution in [0.2, 0.25) is 0 Å². The summed E-state index contributed by atoms with van der Waals surface area (Å²) in [6, 6.07) is 2.49. The fourth-order valence-corrected chi connectivity index (χ4v) is 0.646. The van der Waals surface area contributed by atoms with Gasteiger partial charge in [-0.3, -0.25) is 4.98 Å². The van der Waals surface area contributed by atoms with Gasteiger partial charge in [-0.1, -0.05) is 0 Å². The summed E-state index contributed by atoms with van der Waals surface area (Å²) in [6.07, 6.45) is 2.22. The van der Waals surface area contributed by atoms with Crippen LogP contribution in [0, 0.1) is 5.82 Å². The summed E-state index contributed by atoms with van der Waals surface area (Å²) in [5.41, 5.74) is 0.468. The average Bonchev–Trinajstić information content (AvgIpc) is 1.88. The van der Waals surface area contributed by atoms with Crippen LogP contribution in [-0.4, -0.2) is 11.3 Å². The Kier molecular flexibility index (Phi) is 2.10. The van der Waals surface area contributed by atoms with E-state index in [1.54, 1.807) is 0 Å². The van der Waals surface area contributed by atoms with Crippen molar-refractivity contribution in [2.45, 2.75) is 6.42 Å². The predicted molar refractivity (Wildman–Crippen MR) is 34.0 cm³/mol. The van der Waals surface area contributed by atoms with Gasteiger partial charge in [-0.05, 0) is 12.1 Å². The standard InChI is InChI=1S/C7H6FNO/c8-6-1-3-9-7(5-6)2-4-10/h1,3-5H,2H2. The largest absolute Gasteiger partial charge is 0.303 e. The first-order chi connectivity index (χ1) is 4.83. The molecular formula is C7H6FNO. The van der Waals surface area contributed by atoms with Crippen molar-refractivity contribution in [3.63, 3.8) is 0 Å². The van der Waals surface area contributed by atoms with E-state index < -0.39 is 0 Å². The molecule has 0 unspecified atom stereocenters. The zero-order valence-corrected chi connectivity index (χ0v) is 5.25. The third-order valence-electron chi connectivity index (χ3n) is 1.07. The highest BCUT2D eigenvalue weighted by Gasteiger charge is 1.93. The van der Waals surface area contributed by atoms with E-state index >= 15 is 0 Å². The fraction of sp³-hybridized carbons (Fsp3) is 0.143. The minimum absolute atomic E-state index is 0.178. The maximum Gasteiger partial charge on any atom is 0.126 e. The van der Waals surface area contributed by atoms with Crippen LogP contribution in [0.5, 0.6) is 0 Å². The minimum Gasteiger partial charge on any atom is -0.303 e. The van der Waals surface area contributed by atoms with Gasteiger partial charge in [-0.25, -0.2) is 4.39 Å². The van der Waals surface area contributed by atoms with Gasteiger partial charge in [0.2, 0.25) is 0 Å². The zero-order chi connectivity index (χ0) is 7.40. The van der Waals surface area contributed by atoms with Gasteiger partial charge in [0, 0.05) is 12.6 Å². The topological polar surface area (TPSA) is 30.0 Å². The van der Waals surface area contributed by atoms with Crippen molar-refractivity contribution in [3.8, 4) is 0 Å². The fourth-order valence-electron chi connectivity index (χ4n) is 0.646. The summed E-state index contributed by atoms with van der Waals surface area (Å²) >= 11 is 0. The van der Waals surface area contributed by atoms with Crippen LogP contribution in [0.25, 0.3) is 0 Å². The number of hydrogen-bond donors (Lipinski definition) is 0. The van der Waals surface area contributed by atoms with Gasteiger partial charge in [-0.15, -0.1) is 0 Å². The molecule has 0 spiro atoms. The van der Waals surface area contributed by atoms with Crippen LogP contribution in [0.1, 0.15) is 5.69 Å². The Balaban J connectivity index is 2.84. The summed E-state index contributed by atoms with van der Waals surface area (Å²) in [6.45, 7) is 0. The van der Waals surface area contributed by atoms with Gasteiger partial charge < -0.3 is 4.79 Å². The highest BCUT2D eigenvalue weighted by molar-refractivity contribution is 5.53. The first kappa shape index (κ1) is 6.86. The number of pyridine rings is 1. The van der Waals surface area contributed by atoms with E-state index in [2.05, 4.69) is 4.98 Å². The second kappa shape index (κ2) is 3.06. The van der Waals surface area contributed by atoms with Crippen molar-refractivity contribution >= 4 is 6.29 Å². The Bertz CT molecular complexity index is 237. The number of carbonyl (C=O) groups excluding carboxylic acids is 1. The van der Waals surface area contributed by atoms with Crippen molar-refractivity contribution in [3.05, 3.63) is 29.8 Å². The summed E-state index contributed by atoms with van der Waals surface area (Å²) in [7, 11) is 0. The van der Waals surface area contributed by atoms with Crippen molar-refractivity contribution in [1.29, 1.82) is 0 Å². The van der Waals surface area contributed by atoms with Crippen LogP contribution >= 0.6 is 0 Å². The molecule has 1 aromatic heterocycles. The molecule has 2 nitrogen and oxygen atoms in total. The lowest BCUT2D eigenvalue weighted by molar-refractivity contribution is -0.107. The van der Waals surface area contributed by atoms with Crippen LogP contribution < -0.4 is 0 Å². The van der Waals surface area contributed by atoms with Gasteiger partial charge >= 0.3 is 0 Å². The molecule has 1 heterocycles. The lowest BCUT2D eigenvalue weighted by Gasteiger charge is -1.91. The summed E-state index contributed by atoms with van der Waals surface area (Å²) in [5, 5.41) is 0. The van der Waals surface area contributed by atoms with Crippen LogP contribution in [0.3, 0.4) is 0 Å². The van der Waals surface area contributed by atoms with E-state index in [-0.39, 0.29) is 12.2 Å². The third kappa shape index (κ3) is 1.62. The molecule has 0 saturated heterocycles. The number of aromatic nitrogens is 1. The quantitative estimate of drug-likeness (QED) is 0.571. The molecular weight excluding hydrogens is 133 g/mol. The average molecular weight is 139 g/mol. The molecule has 0 amide bonds. The predicted octanol–water partition coefficient (Wildman–Crippen LogP) is 0.962. The Labute approximate surface area is 57.7 Å². The van der Waals surface area contributed by atoms with Crippen molar-refractivity contribution < 1.29 is 9.18 Å². The molecule has 1 aromatic rings. The molecule has 52 valence electrons. The number of carbonyl (C=O) groups is 1. The number of halogens is 1. The van der Waals surface area contributed by atoms with Crippen LogP contribution in [0.15, 0.2) is 18.3 Å². The normalized spacial score (nSPS) is 9.30. The number of nitrogens with zero attached hydrogens (tertiary/aromatic N) is 1. The third-order valence-corrected chi connectivity index (χ3v) is 1.07. The highest BCUT2D eigenvalue weighted by atomic mass is 19.1. The molecule has 10 heavy (non-hydrogen) atoms. The van der Waals surface area contributed by atoms with Gasteiger partial charge in [0.15, 0.2) is 0 Å². The first-order valence-electron chi connectivity index (χ1n) is 2.87. The molecule has 0 aromatic carbocycles. The molecule has 0 atom stereocenters. The molecule has 0 aliphatic carbocycles. The molecule has 0 saturated carbocycles. The lowest BCUT2D eigenvalue weighted by atomic mass is 10.3. The Morgan fingerprint density at radius 2 is 2.50 bits per heavy atom. The molecule has 0 aliphatic heterocycles. The second-order valence-electron chi connectivity index (χ2n) is 1.84. The molecule has 0 N–H and O–H groups in total. The number of aldehydes is 1. The Hall–Kier alpha value is -1.25. The van der Waals surface area contributed by atoms with E-state index in [0.29, 0.717) is 12.0 Å². The van der Waals surface area contributed by atoms with Gasteiger partial charge in [0.25, 0.3) is 0 Å². The van der Waals surface area contributed by atoms with Crippen molar-refractivity contribution in [1.82, 2.24) is 4.98 Å². The van der Waals surface area contributed by atoms with Crippen molar-refractivity contribution in [2.75, 3.05) is 0 Å². The van der Waals surface area contributed by atoms with Crippen LogP contribution in [0.4, 0.5) is 4.39 Å². The molecule has 3 heteroatoms. The van der Waals surface area contributed by atoms with E-state index in [1.165, 1.54) is 18.3 Å². The SMILES string of the molecule is O=CCc1cc(F)ccn1. The summed E-state index contributed by atoms with van der Waals surface area (Å²) in [5.74, 6) is -0.355. The minimum atomic E-state index is -0.355. The Morgan fingerprint density at radius 3 is 3.10 bits per heavy atom. The summed E-state index contributed by atoms with van der Waals surface area (Å²) in [4.78, 5) is 13.7. The first-order valence-corrected chi connectivity index (χ1v) is 2.87. The molecule has 0 fully saturated rings. The maximum atomic E-state index is 12.3. The highest BCUT2D eigenvalue weighted by Crippen LogP contribution is 1.98. The van der Waals surface area contributed by atoms with E-state index in [0.717, 1.165) is 0 Å². The van der Waals surface area contributed by atoms with Gasteiger partial charge in [0.05, 0.1) is 5.69 Å². The molecule has 0 aliphatic rings. The molecule has 0 bridgehead atoms. The van der Waals surface area contributed by atoms with Crippen molar-refractivity contribution in [2.24, 2.45) is 0 Å². The van der Waals surface area contributed by atoms with E-state index in [4.69, 9.17) is 0 Å². The van der Waals surface area contributed by atoms with Gasteiger partial charge in [0.1, 0.15) is 12.1 Å². The molecule has 0 radical (unpaired) electrons. The van der Waals surface area contributed by atoms with E-state index in [9.17, 15) is 9.18 Å². The van der Waals surface area contributed by atoms with Crippen LogP contribution in [-0.2, 0) is 11.2 Å². The Morgan fingerprint density at radius 1 is 1.70 bits per heavy atom.